The van der Waals surface area contributed by atoms with Crippen molar-refractivity contribution in [2.45, 2.75) is 39.5 Å². The van der Waals surface area contributed by atoms with E-state index in [2.05, 4.69) is 20.9 Å². The van der Waals surface area contributed by atoms with Crippen LogP contribution in [0.15, 0.2) is 42.6 Å². The zero-order valence-electron chi connectivity index (χ0n) is 20.1. The molecule has 0 bridgehead atoms. The summed E-state index contributed by atoms with van der Waals surface area (Å²) >= 11 is 0. The van der Waals surface area contributed by atoms with Crippen LogP contribution in [0.3, 0.4) is 0 Å². The summed E-state index contributed by atoms with van der Waals surface area (Å²) in [4.78, 5) is 55.2. The fourth-order valence-electron chi connectivity index (χ4n) is 4.67. The van der Waals surface area contributed by atoms with E-state index >= 15 is 0 Å². The predicted molar refractivity (Wildman–Crippen MR) is 131 cm³/mol. The van der Waals surface area contributed by atoms with Crippen LogP contribution in [0.4, 0.5) is 11.5 Å². The Kier molecular flexibility index (Phi) is 7.14. The summed E-state index contributed by atoms with van der Waals surface area (Å²) in [5.74, 6) is -0.205. The monoisotopic (exact) mass is 477 g/mol. The minimum Gasteiger partial charge on any atom is -0.347 e. The first-order valence-electron chi connectivity index (χ1n) is 11.9. The number of pyridine rings is 1. The van der Waals surface area contributed by atoms with Crippen molar-refractivity contribution in [3.8, 4) is 0 Å². The van der Waals surface area contributed by atoms with Crippen molar-refractivity contribution in [1.29, 1.82) is 0 Å². The summed E-state index contributed by atoms with van der Waals surface area (Å²) in [5, 5.41) is 8.42. The van der Waals surface area contributed by atoms with E-state index in [1.165, 1.54) is 6.92 Å². The molecule has 9 nitrogen and oxygen atoms in total. The summed E-state index contributed by atoms with van der Waals surface area (Å²) in [6, 6.07) is 11.0. The number of fused-ring (bicyclic) bond motifs is 1. The van der Waals surface area contributed by atoms with Gasteiger partial charge in [0.15, 0.2) is 0 Å². The van der Waals surface area contributed by atoms with Gasteiger partial charge in [0, 0.05) is 43.2 Å². The number of carbonyl (C=O) groups is 4. The molecule has 1 saturated heterocycles. The molecule has 1 atom stereocenters. The largest absolute Gasteiger partial charge is 0.347 e. The van der Waals surface area contributed by atoms with Crippen LogP contribution in [0.5, 0.6) is 0 Å². The molecule has 4 rings (SSSR count). The number of likely N-dealkylation sites (tertiary alicyclic amines) is 1. The molecule has 1 aliphatic heterocycles. The van der Waals surface area contributed by atoms with Crippen LogP contribution < -0.4 is 16.0 Å². The molecule has 1 aliphatic carbocycles. The molecule has 0 saturated carbocycles. The maximum atomic E-state index is 12.7. The molecule has 2 aromatic rings. The molecule has 184 valence electrons. The Morgan fingerprint density at radius 3 is 2.46 bits per heavy atom. The number of anilines is 2. The number of aromatic nitrogens is 1. The third kappa shape index (κ3) is 5.85. The smallest absolute Gasteiger partial charge is 0.243 e. The van der Waals surface area contributed by atoms with Gasteiger partial charge in [0.1, 0.15) is 5.82 Å². The fraction of sp³-hybridized carbons (Fsp3) is 0.423. The van der Waals surface area contributed by atoms with Crippen molar-refractivity contribution in [3.05, 3.63) is 53.7 Å². The minimum absolute atomic E-state index is 0.0151. The molecule has 0 unspecified atom stereocenters. The van der Waals surface area contributed by atoms with E-state index in [1.54, 1.807) is 23.2 Å². The van der Waals surface area contributed by atoms with Gasteiger partial charge in [-0.05, 0) is 61.1 Å². The van der Waals surface area contributed by atoms with Crippen molar-refractivity contribution in [3.63, 3.8) is 0 Å². The van der Waals surface area contributed by atoms with Gasteiger partial charge in [-0.2, -0.15) is 0 Å². The first kappa shape index (κ1) is 24.4. The molecule has 0 spiro atoms. The average molecular weight is 478 g/mol. The summed E-state index contributed by atoms with van der Waals surface area (Å²) in [7, 11) is 0. The molecule has 1 aromatic heterocycles. The highest BCUT2D eigenvalue weighted by Gasteiger charge is 2.37. The molecule has 4 amide bonds. The van der Waals surface area contributed by atoms with Crippen molar-refractivity contribution < 1.29 is 19.2 Å². The maximum absolute atomic E-state index is 12.7. The van der Waals surface area contributed by atoms with Crippen LogP contribution in [0.1, 0.15) is 37.8 Å². The lowest BCUT2D eigenvalue weighted by atomic mass is 9.79. The van der Waals surface area contributed by atoms with Gasteiger partial charge in [-0.1, -0.05) is 19.1 Å². The van der Waals surface area contributed by atoms with Crippen LogP contribution >= 0.6 is 0 Å². The van der Waals surface area contributed by atoms with Crippen LogP contribution in [-0.4, -0.2) is 53.1 Å². The van der Waals surface area contributed by atoms with Crippen molar-refractivity contribution >= 4 is 35.1 Å². The first-order valence-corrected chi connectivity index (χ1v) is 11.9. The lowest BCUT2D eigenvalue weighted by Crippen LogP contribution is -2.49. The molecule has 2 aliphatic rings. The highest BCUT2D eigenvalue weighted by atomic mass is 16.2. The number of rotatable bonds is 6. The van der Waals surface area contributed by atoms with Gasteiger partial charge in [-0.3, -0.25) is 19.2 Å². The van der Waals surface area contributed by atoms with Gasteiger partial charge in [0.2, 0.25) is 23.6 Å². The van der Waals surface area contributed by atoms with Gasteiger partial charge in [-0.15, -0.1) is 0 Å². The number of carbonyl (C=O) groups excluding carboxylic acids is 4. The number of benzene rings is 1. The van der Waals surface area contributed by atoms with Crippen molar-refractivity contribution in [2.75, 3.05) is 30.3 Å². The van der Waals surface area contributed by atoms with Gasteiger partial charge >= 0.3 is 0 Å². The Hall–Kier alpha value is -3.75. The summed E-state index contributed by atoms with van der Waals surface area (Å²) in [6.45, 7) is 4.36. The molecule has 1 aromatic carbocycles. The number of piperidine rings is 1. The quantitative estimate of drug-likeness (QED) is 0.589. The predicted octanol–water partition coefficient (Wildman–Crippen LogP) is 2.14. The number of nitrogens with one attached hydrogen (secondary N) is 3. The zero-order valence-corrected chi connectivity index (χ0v) is 20.1. The van der Waals surface area contributed by atoms with Gasteiger partial charge in [0.05, 0.1) is 6.54 Å². The highest BCUT2D eigenvalue weighted by Crippen LogP contribution is 2.31. The molecular weight excluding hydrogens is 446 g/mol. The Morgan fingerprint density at radius 1 is 1.03 bits per heavy atom. The maximum Gasteiger partial charge on any atom is 0.243 e. The molecule has 9 heteroatoms. The van der Waals surface area contributed by atoms with Gasteiger partial charge in [-0.25, -0.2) is 4.98 Å². The SMILES string of the molecule is CC(=O)N1CCC(C)(C(=O)NCC(=O)Nc2ccc3c(c2)C[C@H](C(=O)Nc2ccccn2)C3)CC1. The van der Waals surface area contributed by atoms with E-state index in [0.717, 1.165) is 11.1 Å². The van der Waals surface area contributed by atoms with Crippen LogP contribution in [-0.2, 0) is 32.0 Å². The lowest BCUT2D eigenvalue weighted by molar-refractivity contribution is -0.138. The molecule has 3 N–H and O–H groups in total. The molecular formula is C26H31N5O4. The zero-order chi connectivity index (χ0) is 25.0. The third-order valence-electron chi connectivity index (χ3n) is 6.98. The second-order valence-electron chi connectivity index (χ2n) is 9.59. The number of hydrogen-bond donors (Lipinski definition) is 3. The van der Waals surface area contributed by atoms with E-state index in [1.807, 2.05) is 31.2 Å². The number of amides is 4. The summed E-state index contributed by atoms with van der Waals surface area (Å²) in [6.07, 6.45) is 4.00. The summed E-state index contributed by atoms with van der Waals surface area (Å²) in [5.41, 5.74) is 2.15. The Labute approximate surface area is 204 Å². The fourth-order valence-corrected chi connectivity index (χ4v) is 4.67. The van der Waals surface area contributed by atoms with E-state index in [0.29, 0.717) is 50.3 Å². The van der Waals surface area contributed by atoms with Gasteiger partial charge < -0.3 is 20.9 Å². The second kappa shape index (κ2) is 10.2. The van der Waals surface area contributed by atoms with E-state index in [9.17, 15) is 19.2 Å². The molecule has 0 radical (unpaired) electrons. The first-order chi connectivity index (χ1) is 16.7. The van der Waals surface area contributed by atoms with Crippen molar-refractivity contribution in [1.82, 2.24) is 15.2 Å². The standard InChI is InChI=1S/C26H31N5O4/c1-17(32)31-11-8-26(2,9-12-31)25(35)28-16-23(33)29-21-7-6-18-13-20(14-19(18)15-21)24(34)30-22-5-3-4-10-27-22/h3-7,10,15,20H,8-9,11-14,16H2,1-2H3,(H,28,35)(H,29,33)(H,27,30,34)/t20-/m1/s1. The lowest BCUT2D eigenvalue weighted by Gasteiger charge is -2.37. The van der Waals surface area contributed by atoms with Crippen LogP contribution in [0.2, 0.25) is 0 Å². The third-order valence-corrected chi connectivity index (χ3v) is 6.98. The van der Waals surface area contributed by atoms with Crippen molar-refractivity contribution in [2.24, 2.45) is 11.3 Å². The molecule has 35 heavy (non-hydrogen) atoms. The Bertz CT molecular complexity index is 1130. The number of nitrogens with zero attached hydrogens (tertiary/aromatic N) is 2. The minimum atomic E-state index is -0.593. The van der Waals surface area contributed by atoms with E-state index in [-0.39, 0.29) is 36.1 Å². The average Bonchev–Trinajstić information content (AvgIpc) is 3.27. The Morgan fingerprint density at radius 2 is 1.77 bits per heavy atom. The normalized spacial score (nSPS) is 18.3. The molecule has 1 fully saturated rings. The topological polar surface area (TPSA) is 121 Å². The number of hydrogen-bond acceptors (Lipinski definition) is 5. The van der Waals surface area contributed by atoms with E-state index < -0.39 is 5.41 Å². The Balaban J connectivity index is 1.26. The second-order valence-corrected chi connectivity index (χ2v) is 9.59. The molecule has 2 heterocycles. The van der Waals surface area contributed by atoms with Gasteiger partial charge in [0.25, 0.3) is 0 Å². The van der Waals surface area contributed by atoms with Crippen LogP contribution in [0.25, 0.3) is 0 Å². The van der Waals surface area contributed by atoms with E-state index in [4.69, 9.17) is 0 Å². The highest BCUT2D eigenvalue weighted by molar-refractivity contribution is 5.96. The van der Waals surface area contributed by atoms with Crippen LogP contribution in [0, 0.1) is 11.3 Å². The summed E-state index contributed by atoms with van der Waals surface area (Å²) < 4.78 is 0.